The molecule has 0 amide bonds. The average Bonchev–Trinajstić information content (AvgIpc) is 3.32. The molecule has 1 aliphatic heterocycles. The van der Waals surface area contributed by atoms with Gasteiger partial charge in [0.05, 0.1) is 4.90 Å². The van der Waals surface area contributed by atoms with Crippen molar-refractivity contribution in [1.29, 1.82) is 0 Å². The van der Waals surface area contributed by atoms with Crippen LogP contribution in [0.4, 0.5) is 0 Å². The molecule has 5 heteroatoms. The molecular formula is C32H29NO3S. The van der Waals surface area contributed by atoms with Crippen LogP contribution in [0.1, 0.15) is 28.4 Å². The van der Waals surface area contributed by atoms with Gasteiger partial charge in [0.2, 0.25) is 10.0 Å². The Labute approximate surface area is 219 Å². The van der Waals surface area contributed by atoms with Gasteiger partial charge in [-0.05, 0) is 47.2 Å². The molecule has 1 heterocycles. The van der Waals surface area contributed by atoms with Crippen molar-refractivity contribution >= 4 is 21.4 Å². The lowest BCUT2D eigenvalue weighted by Crippen LogP contribution is -2.28. The van der Waals surface area contributed by atoms with Crippen LogP contribution in [0.15, 0.2) is 120 Å². The van der Waals surface area contributed by atoms with Crippen LogP contribution in [0.25, 0.3) is 16.7 Å². The highest BCUT2D eigenvalue weighted by molar-refractivity contribution is 7.89. The minimum atomic E-state index is -3.68. The first-order chi connectivity index (χ1) is 17.8. The molecule has 186 valence electrons. The molecule has 1 atom stereocenters. The lowest BCUT2D eigenvalue weighted by molar-refractivity contribution is 0.105. The second-order valence-corrected chi connectivity index (χ2v) is 11.5. The zero-order chi connectivity index (χ0) is 26.0. The zero-order valence-corrected chi connectivity index (χ0v) is 21.8. The lowest BCUT2D eigenvalue weighted by atomic mass is 9.88. The van der Waals surface area contributed by atoms with Crippen LogP contribution in [-0.2, 0) is 10.0 Å². The third-order valence-electron chi connectivity index (χ3n) is 6.94. The lowest BCUT2D eigenvalue weighted by Gasteiger charge is -2.16. The van der Waals surface area contributed by atoms with Gasteiger partial charge in [0.1, 0.15) is 0 Å². The molecule has 4 aromatic rings. The summed E-state index contributed by atoms with van der Waals surface area (Å²) < 4.78 is 28.3. The minimum Gasteiger partial charge on any atom is -0.289 e. The standard InChI is InChI=1S/C32H29NO3S/c1-23-13-19-29(20-14-23)37(35,36)33-21-24(2)30(22-33)31(27-11-7-4-8-12-27)32(34)28-17-15-26(16-18-28)25-9-5-3-6-10-25/h3-20,24H,21-22H2,1-2H3/b31-30-. The summed E-state index contributed by atoms with van der Waals surface area (Å²) in [7, 11) is -3.68. The molecule has 0 bridgehead atoms. The van der Waals surface area contributed by atoms with Crippen molar-refractivity contribution < 1.29 is 13.2 Å². The molecule has 1 saturated heterocycles. The first kappa shape index (κ1) is 24.9. The molecule has 0 aliphatic carbocycles. The smallest absolute Gasteiger partial charge is 0.243 e. The van der Waals surface area contributed by atoms with Crippen molar-refractivity contribution in [3.63, 3.8) is 0 Å². The van der Waals surface area contributed by atoms with E-state index < -0.39 is 10.0 Å². The Bertz CT molecular complexity index is 1540. The molecule has 37 heavy (non-hydrogen) atoms. The first-order valence-corrected chi connectivity index (χ1v) is 13.8. The van der Waals surface area contributed by atoms with E-state index in [9.17, 15) is 13.2 Å². The zero-order valence-electron chi connectivity index (χ0n) is 21.0. The minimum absolute atomic E-state index is 0.0945. The fourth-order valence-corrected chi connectivity index (χ4v) is 6.36. The molecule has 0 radical (unpaired) electrons. The summed E-state index contributed by atoms with van der Waals surface area (Å²) in [4.78, 5) is 14.2. The highest BCUT2D eigenvalue weighted by atomic mass is 32.2. The van der Waals surface area contributed by atoms with Crippen LogP contribution in [0.3, 0.4) is 0 Å². The van der Waals surface area contributed by atoms with Gasteiger partial charge in [0.25, 0.3) is 0 Å². The molecule has 4 nitrogen and oxygen atoms in total. The molecule has 0 spiro atoms. The predicted octanol–water partition coefficient (Wildman–Crippen LogP) is 6.64. The maximum absolute atomic E-state index is 14.0. The van der Waals surface area contributed by atoms with Crippen LogP contribution in [0.5, 0.6) is 0 Å². The van der Waals surface area contributed by atoms with Crippen LogP contribution in [0.2, 0.25) is 0 Å². The van der Waals surface area contributed by atoms with Gasteiger partial charge in [-0.25, -0.2) is 8.42 Å². The third kappa shape index (κ3) is 5.06. The Kier molecular flexibility index (Phi) is 6.92. The number of nitrogens with zero attached hydrogens (tertiary/aromatic N) is 1. The Morgan fingerprint density at radius 1 is 0.730 bits per heavy atom. The predicted molar refractivity (Wildman–Crippen MR) is 149 cm³/mol. The molecule has 0 saturated carbocycles. The van der Waals surface area contributed by atoms with Crippen molar-refractivity contribution in [3.8, 4) is 11.1 Å². The third-order valence-corrected chi connectivity index (χ3v) is 8.77. The van der Waals surface area contributed by atoms with E-state index in [1.165, 1.54) is 4.31 Å². The monoisotopic (exact) mass is 507 g/mol. The SMILES string of the molecule is Cc1ccc(S(=O)(=O)N2C/C(=C(/C(=O)c3ccc(-c4ccccc4)cc3)c3ccccc3)C(C)C2)cc1. The summed E-state index contributed by atoms with van der Waals surface area (Å²) >= 11 is 0. The van der Waals surface area contributed by atoms with E-state index in [1.54, 1.807) is 24.3 Å². The maximum atomic E-state index is 14.0. The van der Waals surface area contributed by atoms with Crippen LogP contribution in [0, 0.1) is 12.8 Å². The first-order valence-electron chi connectivity index (χ1n) is 12.4. The van der Waals surface area contributed by atoms with Crippen molar-refractivity contribution in [2.45, 2.75) is 18.7 Å². The Hall–Kier alpha value is -3.80. The maximum Gasteiger partial charge on any atom is 0.243 e. The number of sulfonamides is 1. The molecule has 5 rings (SSSR count). The van der Waals surface area contributed by atoms with Gasteiger partial charge in [0, 0.05) is 24.2 Å². The number of carbonyl (C=O) groups is 1. The number of hydrogen-bond acceptors (Lipinski definition) is 3. The summed E-state index contributed by atoms with van der Waals surface area (Å²) in [5.74, 6) is -0.190. The summed E-state index contributed by atoms with van der Waals surface area (Å²) in [6, 6.07) is 34.1. The molecule has 0 aromatic heterocycles. The molecule has 1 fully saturated rings. The second-order valence-electron chi connectivity index (χ2n) is 9.55. The van der Waals surface area contributed by atoms with E-state index in [4.69, 9.17) is 0 Å². The molecule has 1 aliphatic rings. The largest absolute Gasteiger partial charge is 0.289 e. The molecule has 4 aromatic carbocycles. The van der Waals surface area contributed by atoms with E-state index in [1.807, 2.05) is 98.8 Å². The van der Waals surface area contributed by atoms with Gasteiger partial charge < -0.3 is 0 Å². The number of ketones is 1. The van der Waals surface area contributed by atoms with Gasteiger partial charge >= 0.3 is 0 Å². The fourth-order valence-electron chi connectivity index (χ4n) is 4.85. The van der Waals surface area contributed by atoms with Crippen molar-refractivity contribution in [3.05, 3.63) is 131 Å². The number of Topliss-reactive ketones (excluding diaryl/α,β-unsaturated/α-hetero) is 1. The number of aryl methyl sites for hydroxylation is 1. The normalized spacial score (nSPS) is 17.5. The summed E-state index contributed by atoms with van der Waals surface area (Å²) in [5.41, 5.74) is 5.94. The van der Waals surface area contributed by atoms with Gasteiger partial charge in [-0.15, -0.1) is 0 Å². The van der Waals surface area contributed by atoms with Gasteiger partial charge in [-0.2, -0.15) is 4.31 Å². The van der Waals surface area contributed by atoms with E-state index in [2.05, 4.69) is 0 Å². The quantitative estimate of drug-likeness (QED) is 0.217. The number of benzene rings is 4. The number of allylic oxidation sites excluding steroid dienone is 1. The topological polar surface area (TPSA) is 54.5 Å². The van der Waals surface area contributed by atoms with Crippen molar-refractivity contribution in [1.82, 2.24) is 4.31 Å². The van der Waals surface area contributed by atoms with E-state index >= 15 is 0 Å². The Morgan fingerprint density at radius 3 is 1.92 bits per heavy atom. The average molecular weight is 508 g/mol. The number of carbonyl (C=O) groups excluding carboxylic acids is 1. The Morgan fingerprint density at radius 2 is 1.30 bits per heavy atom. The summed E-state index contributed by atoms with van der Waals surface area (Å²) in [6.07, 6.45) is 0. The van der Waals surface area contributed by atoms with E-state index in [0.717, 1.165) is 27.8 Å². The number of hydrogen-bond donors (Lipinski definition) is 0. The highest BCUT2D eigenvalue weighted by Crippen LogP contribution is 2.35. The molecule has 1 unspecified atom stereocenters. The van der Waals surface area contributed by atoms with Gasteiger partial charge in [0.15, 0.2) is 5.78 Å². The number of rotatable bonds is 6. The fraction of sp³-hybridized carbons (Fsp3) is 0.156. The second kappa shape index (κ2) is 10.3. The van der Waals surface area contributed by atoms with Crippen LogP contribution >= 0.6 is 0 Å². The van der Waals surface area contributed by atoms with Gasteiger partial charge in [-0.3, -0.25) is 4.79 Å². The Balaban J connectivity index is 1.53. The molecular weight excluding hydrogens is 478 g/mol. The van der Waals surface area contributed by atoms with Crippen molar-refractivity contribution in [2.75, 3.05) is 13.1 Å². The van der Waals surface area contributed by atoms with Crippen molar-refractivity contribution in [2.24, 2.45) is 5.92 Å². The van der Waals surface area contributed by atoms with E-state index in [-0.39, 0.29) is 23.1 Å². The van der Waals surface area contributed by atoms with Gasteiger partial charge in [-0.1, -0.05) is 110 Å². The summed E-state index contributed by atoms with van der Waals surface area (Å²) in [5, 5.41) is 0. The van der Waals surface area contributed by atoms with Crippen LogP contribution in [-0.4, -0.2) is 31.6 Å². The van der Waals surface area contributed by atoms with E-state index in [0.29, 0.717) is 17.7 Å². The molecule has 0 N–H and O–H groups in total. The summed E-state index contributed by atoms with van der Waals surface area (Å²) in [6.45, 7) is 4.45. The highest BCUT2D eigenvalue weighted by Gasteiger charge is 2.36. The van der Waals surface area contributed by atoms with Crippen LogP contribution < -0.4 is 0 Å².